The lowest BCUT2D eigenvalue weighted by Gasteiger charge is -2.47. The maximum atomic E-state index is 12.5. The summed E-state index contributed by atoms with van der Waals surface area (Å²) in [4.78, 5) is 2.46. The van der Waals surface area contributed by atoms with Gasteiger partial charge in [0.05, 0.1) is 5.25 Å². The van der Waals surface area contributed by atoms with Crippen molar-refractivity contribution in [1.29, 1.82) is 0 Å². The third-order valence-corrected chi connectivity index (χ3v) is 7.36. The first-order valence-corrected chi connectivity index (χ1v) is 9.97. The van der Waals surface area contributed by atoms with Crippen LogP contribution in [-0.4, -0.2) is 56.3 Å². The van der Waals surface area contributed by atoms with Gasteiger partial charge < -0.3 is 10.2 Å². The Morgan fingerprint density at radius 3 is 2.29 bits per heavy atom. The minimum absolute atomic E-state index is 0.130. The molecule has 0 radical (unpaired) electrons. The third kappa shape index (κ3) is 3.78. The number of hydrogen-bond donors (Lipinski definition) is 2. The molecule has 3 rings (SSSR count). The van der Waals surface area contributed by atoms with Crippen LogP contribution in [0.25, 0.3) is 0 Å². The molecule has 2 aliphatic heterocycles. The first-order chi connectivity index (χ1) is 9.95. The Balaban J connectivity index is 1.54. The predicted molar refractivity (Wildman–Crippen MR) is 84.8 cm³/mol. The minimum atomic E-state index is -3.21. The second-order valence-electron chi connectivity index (χ2n) is 7.23. The summed E-state index contributed by atoms with van der Waals surface area (Å²) >= 11 is 0. The van der Waals surface area contributed by atoms with Crippen LogP contribution in [-0.2, 0) is 10.0 Å². The molecule has 0 spiro atoms. The Hall–Kier alpha value is -0.170. The van der Waals surface area contributed by atoms with Gasteiger partial charge in [0.15, 0.2) is 0 Å². The molecular weight excluding hydrogens is 286 g/mol. The summed E-state index contributed by atoms with van der Waals surface area (Å²) in [6.07, 6.45) is 8.04. The van der Waals surface area contributed by atoms with E-state index in [0.717, 1.165) is 12.8 Å². The van der Waals surface area contributed by atoms with E-state index in [0.29, 0.717) is 24.7 Å². The minimum Gasteiger partial charge on any atom is -0.313 e. The summed E-state index contributed by atoms with van der Waals surface area (Å²) in [6.45, 7) is 2.38. The number of hydrogen-bond acceptors (Lipinski definition) is 4. The Kier molecular flexibility index (Phi) is 4.60. The summed E-state index contributed by atoms with van der Waals surface area (Å²) in [5, 5.41) is 2.97. The maximum absolute atomic E-state index is 12.5. The fourth-order valence-corrected chi connectivity index (χ4v) is 5.00. The van der Waals surface area contributed by atoms with Crippen molar-refractivity contribution in [3.05, 3.63) is 0 Å². The van der Waals surface area contributed by atoms with E-state index in [9.17, 15) is 8.42 Å². The molecule has 1 aliphatic carbocycles. The lowest BCUT2D eigenvalue weighted by molar-refractivity contribution is 0.0535. The van der Waals surface area contributed by atoms with Gasteiger partial charge in [-0.1, -0.05) is 6.42 Å². The first-order valence-electron chi connectivity index (χ1n) is 8.42. The second kappa shape index (κ2) is 6.14. The van der Waals surface area contributed by atoms with Gasteiger partial charge in [0.1, 0.15) is 0 Å². The topological polar surface area (TPSA) is 61.4 Å². The molecule has 0 amide bonds. The highest BCUT2D eigenvalue weighted by atomic mass is 32.2. The maximum Gasteiger partial charge on any atom is 0.215 e. The predicted octanol–water partition coefficient (Wildman–Crippen LogP) is 1.06. The number of nitrogens with one attached hydrogen (secondary N) is 2. The van der Waals surface area contributed by atoms with Crippen molar-refractivity contribution in [3.8, 4) is 0 Å². The Bertz CT molecular complexity index is 450. The summed E-state index contributed by atoms with van der Waals surface area (Å²) in [5.41, 5.74) is 0. The van der Waals surface area contributed by atoms with Gasteiger partial charge in [-0.2, -0.15) is 0 Å². The molecule has 2 saturated heterocycles. The standard InChI is InChI=1S/C15H29N3O2S/c1-11(10-16-12-6-7-12)21(19,20)17-13-8-14-4-3-5-15(9-13)18(14)2/h11-17H,3-10H2,1-2H3. The summed E-state index contributed by atoms with van der Waals surface area (Å²) in [5.74, 6) is 0. The zero-order valence-electron chi connectivity index (χ0n) is 13.2. The van der Waals surface area contributed by atoms with Crippen LogP contribution < -0.4 is 10.0 Å². The zero-order chi connectivity index (χ0) is 15.0. The van der Waals surface area contributed by atoms with Crippen molar-refractivity contribution in [1.82, 2.24) is 14.9 Å². The lowest BCUT2D eigenvalue weighted by Crippen LogP contribution is -2.56. The molecule has 3 unspecified atom stereocenters. The fraction of sp³-hybridized carbons (Fsp3) is 1.00. The van der Waals surface area contributed by atoms with Crippen molar-refractivity contribution in [2.24, 2.45) is 0 Å². The molecule has 0 aromatic heterocycles. The quantitative estimate of drug-likeness (QED) is 0.769. The molecule has 3 fully saturated rings. The normalized spacial score (nSPS) is 35.6. The molecule has 6 heteroatoms. The van der Waals surface area contributed by atoms with Gasteiger partial charge in [-0.15, -0.1) is 0 Å². The van der Waals surface area contributed by atoms with Crippen LogP contribution in [0.1, 0.15) is 51.9 Å². The summed E-state index contributed by atoms with van der Waals surface area (Å²) in [6, 6.07) is 1.81. The largest absolute Gasteiger partial charge is 0.313 e. The molecule has 3 aliphatic rings. The molecule has 2 heterocycles. The lowest BCUT2D eigenvalue weighted by atomic mass is 9.83. The highest BCUT2D eigenvalue weighted by Gasteiger charge is 2.38. The van der Waals surface area contributed by atoms with Crippen LogP contribution in [0.5, 0.6) is 0 Å². The second-order valence-corrected chi connectivity index (χ2v) is 9.36. The number of piperidine rings is 2. The fourth-order valence-electron chi connectivity index (χ4n) is 3.79. The summed E-state index contributed by atoms with van der Waals surface area (Å²) in [7, 11) is -1.01. The Labute approximate surface area is 128 Å². The average Bonchev–Trinajstić information content (AvgIpc) is 3.21. The molecule has 5 nitrogen and oxygen atoms in total. The Morgan fingerprint density at radius 1 is 1.10 bits per heavy atom. The number of rotatable bonds is 6. The smallest absolute Gasteiger partial charge is 0.215 e. The van der Waals surface area contributed by atoms with E-state index in [4.69, 9.17) is 0 Å². The van der Waals surface area contributed by atoms with Crippen LogP contribution in [0.4, 0.5) is 0 Å². The average molecular weight is 315 g/mol. The third-order valence-electron chi connectivity index (χ3n) is 5.47. The zero-order valence-corrected chi connectivity index (χ0v) is 14.0. The Morgan fingerprint density at radius 2 is 1.71 bits per heavy atom. The van der Waals surface area contributed by atoms with Gasteiger partial charge in [-0.05, 0) is 52.5 Å². The van der Waals surface area contributed by atoms with Crippen LogP contribution >= 0.6 is 0 Å². The van der Waals surface area contributed by atoms with Crippen LogP contribution in [0.15, 0.2) is 0 Å². The number of sulfonamides is 1. The van der Waals surface area contributed by atoms with Gasteiger partial charge in [0, 0.05) is 30.7 Å². The monoisotopic (exact) mass is 315 g/mol. The van der Waals surface area contributed by atoms with Gasteiger partial charge in [-0.3, -0.25) is 0 Å². The molecule has 1 saturated carbocycles. The number of nitrogens with zero attached hydrogens (tertiary/aromatic N) is 1. The molecule has 0 aromatic rings. The molecule has 122 valence electrons. The molecular formula is C15H29N3O2S. The number of fused-ring (bicyclic) bond motifs is 2. The van der Waals surface area contributed by atoms with Crippen molar-refractivity contribution in [3.63, 3.8) is 0 Å². The molecule has 2 N–H and O–H groups in total. The van der Waals surface area contributed by atoms with Crippen LogP contribution in [0.2, 0.25) is 0 Å². The van der Waals surface area contributed by atoms with Gasteiger partial charge in [0.25, 0.3) is 0 Å². The molecule has 3 atom stereocenters. The van der Waals surface area contributed by atoms with E-state index in [-0.39, 0.29) is 11.3 Å². The van der Waals surface area contributed by atoms with Gasteiger partial charge >= 0.3 is 0 Å². The van der Waals surface area contributed by atoms with E-state index in [1.54, 1.807) is 0 Å². The van der Waals surface area contributed by atoms with Crippen LogP contribution in [0.3, 0.4) is 0 Å². The molecule has 21 heavy (non-hydrogen) atoms. The van der Waals surface area contributed by atoms with E-state index >= 15 is 0 Å². The van der Waals surface area contributed by atoms with Crippen molar-refractivity contribution in [2.45, 2.75) is 81.3 Å². The molecule has 2 bridgehead atoms. The highest BCUT2D eigenvalue weighted by molar-refractivity contribution is 7.90. The van der Waals surface area contributed by atoms with Crippen molar-refractivity contribution < 1.29 is 8.42 Å². The van der Waals surface area contributed by atoms with Crippen LogP contribution in [0, 0.1) is 0 Å². The molecule has 0 aromatic carbocycles. The van der Waals surface area contributed by atoms with E-state index in [1.165, 1.54) is 32.1 Å². The van der Waals surface area contributed by atoms with Gasteiger partial charge in [-0.25, -0.2) is 13.1 Å². The highest BCUT2D eigenvalue weighted by Crippen LogP contribution is 2.33. The summed E-state index contributed by atoms with van der Waals surface area (Å²) < 4.78 is 27.9. The van der Waals surface area contributed by atoms with Crippen molar-refractivity contribution >= 4 is 10.0 Å². The van der Waals surface area contributed by atoms with E-state index < -0.39 is 10.0 Å². The van der Waals surface area contributed by atoms with E-state index in [1.807, 2.05) is 6.92 Å². The SMILES string of the molecule is CC(CNC1CC1)S(=O)(=O)NC1CC2CCCC(C1)N2C. The van der Waals surface area contributed by atoms with E-state index in [2.05, 4.69) is 22.0 Å². The van der Waals surface area contributed by atoms with Crippen molar-refractivity contribution in [2.75, 3.05) is 13.6 Å². The van der Waals surface area contributed by atoms with Gasteiger partial charge in [0.2, 0.25) is 10.0 Å². The first kappa shape index (κ1) is 15.7.